The van der Waals surface area contributed by atoms with Gasteiger partial charge in [-0.05, 0) is 223 Å². The van der Waals surface area contributed by atoms with Crippen molar-refractivity contribution >= 4 is 97.0 Å². The molecule has 2 nitrogen and oxygen atoms in total. The van der Waals surface area contributed by atoms with Gasteiger partial charge in [0.25, 0.3) is 0 Å². The first-order chi connectivity index (χ1) is 53.0. The highest BCUT2D eigenvalue weighted by Crippen LogP contribution is 2.66. The molecule has 0 amide bonds. The third-order valence-electron chi connectivity index (χ3n) is 23.7. The molecule has 20 aromatic carbocycles. The molecule has 0 saturated heterocycles. The van der Waals surface area contributed by atoms with E-state index in [1.165, 1.54) is 122 Å². The molecule has 0 heterocycles. The highest BCUT2D eigenvalue weighted by Gasteiger charge is 2.65. The molecule has 0 fully saturated rings. The SMILES string of the molecule is FC1(F)c2ccc3c4c(ccc(c24)C1(F)F)-c1c-3c(-c2ccccc2)c2ccccc2c1-c1ccccc1.O=c1c(=O)c2ccc3c4c(-c5ccccc5)c5ccccc5c(-c5ccccc5)c4c4ccc1c2c43.c1ccc(-c2c3c(c(-c4ccccc4)c4ccccc24)-c2ccc4c5c(ccc-3c25)CC4)cc1. The first-order valence-electron chi connectivity index (χ1n) is 36.8. The van der Waals surface area contributed by atoms with Crippen molar-refractivity contribution in [1.82, 2.24) is 0 Å². The van der Waals surface area contributed by atoms with E-state index in [1.54, 1.807) is 12.1 Å². The van der Waals surface area contributed by atoms with Crippen LogP contribution in [-0.2, 0) is 24.7 Å². The predicted molar refractivity (Wildman–Crippen MR) is 440 cm³/mol. The molecule has 0 saturated carbocycles. The third kappa shape index (κ3) is 8.43. The summed E-state index contributed by atoms with van der Waals surface area (Å²) >= 11 is 0. The van der Waals surface area contributed by atoms with Gasteiger partial charge in [0.15, 0.2) is 0 Å². The van der Waals surface area contributed by atoms with Crippen LogP contribution in [0.5, 0.6) is 0 Å². The molecule has 4 aliphatic carbocycles. The number of alkyl halides is 4. The second kappa shape index (κ2) is 23.0. The summed E-state index contributed by atoms with van der Waals surface area (Å²) in [5.41, 5.74) is 23.7. The second-order valence-electron chi connectivity index (χ2n) is 29.1. The van der Waals surface area contributed by atoms with Crippen LogP contribution in [0, 0.1) is 0 Å². The molecule has 0 aliphatic heterocycles. The molecule has 20 aromatic rings. The van der Waals surface area contributed by atoms with Gasteiger partial charge in [-0.3, -0.25) is 9.59 Å². The van der Waals surface area contributed by atoms with Gasteiger partial charge in [-0.2, -0.15) is 17.6 Å². The van der Waals surface area contributed by atoms with Gasteiger partial charge in [0.1, 0.15) is 0 Å². The fourth-order valence-corrected chi connectivity index (χ4v) is 19.4. The molecular weight excluding hydrogens is 1330 g/mol. The fourth-order valence-electron chi connectivity index (χ4n) is 19.4. The van der Waals surface area contributed by atoms with E-state index in [1.807, 2.05) is 109 Å². The standard InChI is InChI=1S/C34H18F4.C34H18O2.C34H22/c35-33(36)25-17-15-23-29-24(16-18-26(32(25)29)34(33,37)38)31-28(20-11-5-2-6-12-20)22-14-8-7-13-21(22)27(30(23)31)19-9-3-1-4-10-19;35-33-25-17-15-23-29-24(16-18-26(30(25)29)34(33)36)32-28(20-11-5-2-6-12-20)22-14-8-7-13-21(22)27(31(23)32)19-9-3-1-4-10-19;1-3-9-21(10-4-1)30-25-13-7-8-14-26(25)31(22-11-5-2-6-12-22)34-28-20-18-24-16-15-23-17-19-27(33(30)34)32(28)29(23)24/h1-18H;1-18H;1-14,17-20H,15-16H2. The molecule has 0 N–H and O–H groups in total. The Balaban J connectivity index is 0.000000101. The topological polar surface area (TPSA) is 34.1 Å². The Morgan fingerprint density at radius 2 is 0.426 bits per heavy atom. The lowest BCUT2D eigenvalue weighted by Crippen LogP contribution is -2.30. The number of fused-ring (bicyclic) bond motifs is 12. The van der Waals surface area contributed by atoms with E-state index in [-0.39, 0.29) is 5.39 Å². The number of rotatable bonds is 6. The van der Waals surface area contributed by atoms with Gasteiger partial charge in [-0.1, -0.05) is 315 Å². The molecule has 24 rings (SSSR count). The minimum Gasteiger partial charge on any atom is -0.285 e. The lowest BCUT2D eigenvalue weighted by Gasteiger charge is -2.21. The third-order valence-corrected chi connectivity index (χ3v) is 23.7. The Kier molecular flexibility index (Phi) is 13.2. The minimum atomic E-state index is -4.27. The molecule has 506 valence electrons. The van der Waals surface area contributed by atoms with Crippen molar-refractivity contribution in [2.45, 2.75) is 24.7 Å². The van der Waals surface area contributed by atoms with Crippen molar-refractivity contribution < 1.29 is 17.6 Å². The Morgan fingerprint density at radius 3 is 0.731 bits per heavy atom. The summed E-state index contributed by atoms with van der Waals surface area (Å²) in [6.45, 7) is 0. The molecule has 0 spiro atoms. The number of aryl methyl sites for hydroxylation is 2. The Labute approximate surface area is 617 Å². The van der Waals surface area contributed by atoms with E-state index >= 15 is 17.6 Å². The molecule has 0 radical (unpaired) electrons. The van der Waals surface area contributed by atoms with Crippen LogP contribution in [0.25, 0.3) is 208 Å². The van der Waals surface area contributed by atoms with E-state index in [0.29, 0.717) is 27.3 Å². The maximum atomic E-state index is 15.1. The summed E-state index contributed by atoms with van der Waals surface area (Å²) in [4.78, 5) is 25.6. The minimum absolute atomic E-state index is 0.0201. The van der Waals surface area contributed by atoms with E-state index in [2.05, 4.69) is 194 Å². The highest BCUT2D eigenvalue weighted by atomic mass is 19.3. The number of benzene rings is 18. The van der Waals surface area contributed by atoms with E-state index in [9.17, 15) is 9.59 Å². The monoisotopic (exact) mass is 1390 g/mol. The molecular formula is C102H58F4O2. The molecule has 108 heavy (non-hydrogen) atoms. The van der Waals surface area contributed by atoms with Gasteiger partial charge >= 0.3 is 11.8 Å². The molecule has 0 bridgehead atoms. The van der Waals surface area contributed by atoms with Crippen LogP contribution >= 0.6 is 0 Å². The summed E-state index contributed by atoms with van der Waals surface area (Å²) in [5.74, 6) is -8.53. The van der Waals surface area contributed by atoms with Crippen LogP contribution in [0.3, 0.4) is 0 Å². The van der Waals surface area contributed by atoms with Crippen molar-refractivity contribution in [2.24, 2.45) is 0 Å². The Bertz CT molecular complexity index is 6930. The quantitative estimate of drug-likeness (QED) is 0.123. The summed E-state index contributed by atoms with van der Waals surface area (Å²) < 4.78 is 60.3. The molecule has 0 atom stereocenters. The zero-order valence-corrected chi connectivity index (χ0v) is 57.9. The lowest BCUT2D eigenvalue weighted by molar-refractivity contribution is -0.216. The van der Waals surface area contributed by atoms with Gasteiger partial charge in [0, 0.05) is 32.7 Å². The van der Waals surface area contributed by atoms with E-state index in [4.69, 9.17) is 0 Å². The molecule has 4 aliphatic rings. The predicted octanol–water partition coefficient (Wildman–Crippen LogP) is 27.1. The van der Waals surface area contributed by atoms with Crippen molar-refractivity contribution in [3.05, 3.63) is 370 Å². The maximum absolute atomic E-state index is 15.1. The highest BCUT2D eigenvalue weighted by molar-refractivity contribution is 6.43. The second-order valence-corrected chi connectivity index (χ2v) is 29.1. The molecule has 0 aromatic heterocycles. The van der Waals surface area contributed by atoms with Gasteiger partial charge in [-0.25, -0.2) is 0 Å². The van der Waals surface area contributed by atoms with E-state index < -0.39 is 33.8 Å². The Morgan fingerprint density at radius 1 is 0.185 bits per heavy atom. The van der Waals surface area contributed by atoms with Crippen LogP contribution in [0.1, 0.15) is 22.3 Å². The zero-order valence-electron chi connectivity index (χ0n) is 57.9. The number of halogens is 4. The van der Waals surface area contributed by atoms with Gasteiger partial charge < -0.3 is 0 Å². The van der Waals surface area contributed by atoms with Crippen molar-refractivity contribution in [1.29, 1.82) is 0 Å². The van der Waals surface area contributed by atoms with Crippen molar-refractivity contribution in [3.8, 4) is 111 Å². The van der Waals surface area contributed by atoms with Crippen molar-refractivity contribution in [2.75, 3.05) is 0 Å². The van der Waals surface area contributed by atoms with Crippen LogP contribution < -0.4 is 10.9 Å². The summed E-state index contributed by atoms with van der Waals surface area (Å²) in [5, 5.41) is 17.9. The average molecular weight is 1390 g/mol. The Hall–Kier alpha value is -13.4. The lowest BCUT2D eigenvalue weighted by atomic mass is 9.82. The summed E-state index contributed by atoms with van der Waals surface area (Å²) in [7, 11) is 0. The normalized spacial score (nSPS) is 13.7. The van der Waals surface area contributed by atoms with Crippen LogP contribution in [0.4, 0.5) is 17.6 Å². The summed E-state index contributed by atoms with van der Waals surface area (Å²) in [6, 6.07) is 112. The number of hydrogen-bond acceptors (Lipinski definition) is 2. The van der Waals surface area contributed by atoms with Crippen LogP contribution in [0.2, 0.25) is 0 Å². The van der Waals surface area contributed by atoms with Gasteiger partial charge in [-0.15, -0.1) is 0 Å². The molecule has 0 unspecified atom stereocenters. The zero-order chi connectivity index (χ0) is 72.0. The van der Waals surface area contributed by atoms with Crippen LogP contribution in [0.15, 0.2) is 337 Å². The smallest absolute Gasteiger partial charge is 0.285 e. The van der Waals surface area contributed by atoms with Gasteiger partial charge in [0.2, 0.25) is 10.9 Å². The first kappa shape index (κ1) is 62.0. The van der Waals surface area contributed by atoms with Crippen molar-refractivity contribution in [3.63, 3.8) is 0 Å². The first-order valence-corrected chi connectivity index (χ1v) is 36.8. The largest absolute Gasteiger partial charge is 0.340 e. The van der Waals surface area contributed by atoms with Crippen LogP contribution in [-0.4, -0.2) is 0 Å². The average Bonchev–Trinajstić information content (AvgIpc) is 1.51. The summed E-state index contributed by atoms with van der Waals surface area (Å²) in [6.07, 6.45) is 2.32. The van der Waals surface area contributed by atoms with Gasteiger partial charge in [0.05, 0.1) is 0 Å². The fraction of sp³-hybridized carbons (Fsp3) is 0.0392. The molecule has 6 heteroatoms. The van der Waals surface area contributed by atoms with E-state index in [0.717, 1.165) is 89.7 Å². The maximum Gasteiger partial charge on any atom is 0.340 e. The number of hydrogen-bond donors (Lipinski definition) is 0.